The van der Waals surface area contributed by atoms with Gasteiger partial charge in [-0.25, -0.2) is 0 Å². The topological polar surface area (TPSA) is 53.4 Å². The van der Waals surface area contributed by atoms with Gasteiger partial charge in [0.2, 0.25) is 5.65 Å². The first-order valence-corrected chi connectivity index (χ1v) is 10.6. The zero-order valence-corrected chi connectivity index (χ0v) is 16.1. The fourth-order valence-corrected chi connectivity index (χ4v) is 3.28. The first-order valence-electron chi connectivity index (χ1n) is 7.85. The first kappa shape index (κ1) is 19.8. The van der Waals surface area contributed by atoms with Crippen LogP contribution >= 0.6 is 17.2 Å². The van der Waals surface area contributed by atoms with Crippen molar-refractivity contribution in [2.24, 2.45) is 0 Å². The van der Waals surface area contributed by atoms with E-state index in [-0.39, 0.29) is 5.65 Å². The molecule has 126 valence electrons. The molecule has 6 heteroatoms. The number of allylic oxidation sites excluding steroid dienone is 1. The summed E-state index contributed by atoms with van der Waals surface area (Å²) in [5.74, 6) is 2.87. The van der Waals surface area contributed by atoms with E-state index in [4.69, 9.17) is 10.1 Å². The SMILES string of the molecule is CC.CPC(=O)N1Cc2ccc(OCCP/C=C\C=N)cc2C1. The molecule has 0 aliphatic carbocycles. The maximum absolute atomic E-state index is 11.8. The van der Waals surface area contributed by atoms with Crippen molar-refractivity contribution in [1.82, 2.24) is 4.90 Å². The zero-order valence-electron chi connectivity index (χ0n) is 14.1. The lowest BCUT2D eigenvalue weighted by atomic mass is 10.1. The summed E-state index contributed by atoms with van der Waals surface area (Å²) in [5.41, 5.74) is 2.66. The lowest BCUT2D eigenvalue weighted by Gasteiger charge is -2.13. The maximum atomic E-state index is 11.8. The molecule has 0 aromatic heterocycles. The van der Waals surface area contributed by atoms with E-state index in [0.29, 0.717) is 30.3 Å². The van der Waals surface area contributed by atoms with Crippen LogP contribution in [-0.2, 0) is 13.1 Å². The number of benzene rings is 1. The van der Waals surface area contributed by atoms with Gasteiger partial charge >= 0.3 is 0 Å². The van der Waals surface area contributed by atoms with E-state index < -0.39 is 0 Å². The number of hydrogen-bond donors (Lipinski definition) is 1. The van der Waals surface area contributed by atoms with Crippen LogP contribution in [0.3, 0.4) is 0 Å². The Morgan fingerprint density at radius 3 is 2.78 bits per heavy atom. The number of ether oxygens (including phenoxy) is 1. The zero-order chi connectivity index (χ0) is 17.1. The molecular weight excluding hydrogens is 326 g/mol. The van der Waals surface area contributed by atoms with Crippen molar-refractivity contribution in [2.45, 2.75) is 26.9 Å². The van der Waals surface area contributed by atoms with Crippen LogP contribution in [0.15, 0.2) is 30.1 Å². The average molecular weight is 352 g/mol. The third-order valence-electron chi connectivity index (χ3n) is 3.23. The predicted octanol–water partition coefficient (Wildman–Crippen LogP) is 4.68. The van der Waals surface area contributed by atoms with Gasteiger partial charge in [0.25, 0.3) is 0 Å². The molecule has 1 N–H and O–H groups in total. The molecule has 1 heterocycles. The highest BCUT2D eigenvalue weighted by molar-refractivity contribution is 7.56. The average Bonchev–Trinajstić information content (AvgIpc) is 3.02. The number of carbonyl (C=O) groups excluding carboxylic acids is 1. The second-order valence-corrected chi connectivity index (χ2v) is 6.84. The first-order chi connectivity index (χ1) is 11.2. The summed E-state index contributed by atoms with van der Waals surface area (Å²) < 4.78 is 5.75. The number of nitrogens with one attached hydrogen (secondary N) is 1. The van der Waals surface area contributed by atoms with Crippen molar-refractivity contribution in [2.75, 3.05) is 19.4 Å². The molecule has 0 bridgehead atoms. The predicted molar refractivity (Wildman–Crippen MR) is 103 cm³/mol. The van der Waals surface area contributed by atoms with Gasteiger partial charge in [-0.1, -0.05) is 34.3 Å². The molecule has 1 amide bonds. The van der Waals surface area contributed by atoms with E-state index in [1.807, 2.05) is 37.3 Å². The second-order valence-electron chi connectivity index (χ2n) is 4.67. The summed E-state index contributed by atoms with van der Waals surface area (Å²) >= 11 is 0. The Morgan fingerprint density at radius 2 is 2.09 bits per heavy atom. The summed E-state index contributed by atoms with van der Waals surface area (Å²) in [6, 6.07) is 6.10. The summed E-state index contributed by atoms with van der Waals surface area (Å²) in [6.45, 7) is 8.03. The third kappa shape index (κ3) is 6.41. The Bertz CT molecular complexity index is 547. The number of amides is 1. The van der Waals surface area contributed by atoms with Gasteiger partial charge in [-0.15, -0.1) is 0 Å². The molecule has 0 fully saturated rings. The van der Waals surface area contributed by atoms with Crippen molar-refractivity contribution < 1.29 is 9.53 Å². The minimum atomic E-state index is 0.229. The van der Waals surface area contributed by atoms with Crippen molar-refractivity contribution in [1.29, 1.82) is 5.41 Å². The van der Waals surface area contributed by atoms with Crippen LogP contribution in [0, 0.1) is 5.41 Å². The molecule has 4 nitrogen and oxygen atoms in total. The molecule has 23 heavy (non-hydrogen) atoms. The molecule has 2 rings (SSSR count). The Hall–Kier alpha value is -1.24. The van der Waals surface area contributed by atoms with Crippen molar-refractivity contribution in [3.8, 4) is 5.75 Å². The van der Waals surface area contributed by atoms with Crippen molar-refractivity contribution >= 4 is 29.0 Å². The third-order valence-corrected chi connectivity index (χ3v) is 4.89. The standard InChI is InChI=1S/C15H20N2O2P2.C2H6/c1-20-15(18)17-10-12-3-4-14(9-13(12)11-17)19-6-8-21-7-2-5-16;1-2/h2-5,7,9,16,20-21H,6,8,10-11H2,1H3;1-2H3/b7-2-,16-5?;. The molecule has 2 unspecified atom stereocenters. The molecule has 1 aliphatic rings. The van der Waals surface area contributed by atoms with Crippen LogP contribution in [0.25, 0.3) is 0 Å². The number of fused-ring (bicyclic) bond motifs is 1. The highest BCUT2D eigenvalue weighted by Gasteiger charge is 2.22. The molecule has 1 aromatic carbocycles. The summed E-state index contributed by atoms with van der Waals surface area (Å²) in [7, 11) is 1.01. The molecule has 0 spiro atoms. The second kappa shape index (κ2) is 11.3. The molecule has 1 aliphatic heterocycles. The minimum Gasteiger partial charge on any atom is -0.493 e. The Morgan fingerprint density at radius 1 is 1.35 bits per heavy atom. The van der Waals surface area contributed by atoms with Gasteiger partial charge in [-0.2, -0.15) is 0 Å². The van der Waals surface area contributed by atoms with E-state index >= 15 is 0 Å². The van der Waals surface area contributed by atoms with Crippen LogP contribution in [-0.4, -0.2) is 36.2 Å². The minimum absolute atomic E-state index is 0.229. The highest BCUT2D eigenvalue weighted by Crippen LogP contribution is 2.29. The van der Waals surface area contributed by atoms with E-state index in [1.54, 1.807) is 6.08 Å². The Balaban J connectivity index is 0.00000127. The summed E-state index contributed by atoms with van der Waals surface area (Å²) in [5, 5.41) is 6.88. The van der Waals surface area contributed by atoms with Crippen molar-refractivity contribution in [3.05, 3.63) is 41.2 Å². The van der Waals surface area contributed by atoms with Gasteiger partial charge in [0.05, 0.1) is 6.61 Å². The normalized spacial score (nSPS) is 13.6. The van der Waals surface area contributed by atoms with Gasteiger partial charge in [0.1, 0.15) is 5.75 Å². The van der Waals surface area contributed by atoms with Crippen LogP contribution in [0.5, 0.6) is 5.75 Å². The molecule has 0 saturated heterocycles. The Kier molecular flexibility index (Phi) is 9.75. The molecule has 0 saturated carbocycles. The number of hydrogen-bond acceptors (Lipinski definition) is 3. The monoisotopic (exact) mass is 352 g/mol. The quantitative estimate of drug-likeness (QED) is 0.440. The van der Waals surface area contributed by atoms with Gasteiger partial charge in [-0.3, -0.25) is 4.79 Å². The van der Waals surface area contributed by atoms with E-state index in [0.717, 1.165) is 18.5 Å². The fourth-order valence-electron chi connectivity index (χ4n) is 2.19. The van der Waals surface area contributed by atoms with Gasteiger partial charge < -0.3 is 15.0 Å². The highest BCUT2D eigenvalue weighted by atomic mass is 31.1. The van der Waals surface area contributed by atoms with E-state index in [1.165, 1.54) is 17.3 Å². The van der Waals surface area contributed by atoms with Crippen LogP contribution in [0.2, 0.25) is 0 Å². The lowest BCUT2D eigenvalue weighted by molar-refractivity contribution is 0.223. The number of carbonyl (C=O) groups is 1. The summed E-state index contributed by atoms with van der Waals surface area (Å²) in [4.78, 5) is 13.6. The number of rotatable bonds is 7. The fraction of sp³-hybridized carbons (Fsp3) is 0.412. The lowest BCUT2D eigenvalue weighted by Crippen LogP contribution is -2.19. The van der Waals surface area contributed by atoms with Gasteiger partial charge in [0, 0.05) is 25.5 Å². The largest absolute Gasteiger partial charge is 0.493 e. The van der Waals surface area contributed by atoms with E-state index in [9.17, 15) is 4.79 Å². The molecule has 2 atom stereocenters. The van der Waals surface area contributed by atoms with E-state index in [2.05, 4.69) is 12.1 Å². The van der Waals surface area contributed by atoms with Crippen LogP contribution in [0.4, 0.5) is 4.79 Å². The maximum Gasteiger partial charge on any atom is 0.240 e. The van der Waals surface area contributed by atoms with Gasteiger partial charge in [0.15, 0.2) is 0 Å². The summed E-state index contributed by atoms with van der Waals surface area (Å²) in [6.07, 6.45) is 4.00. The Labute approximate surface area is 142 Å². The van der Waals surface area contributed by atoms with Crippen LogP contribution < -0.4 is 4.74 Å². The molecular formula is C17H26N2O2P2. The number of nitrogens with zero attached hydrogens (tertiary/aromatic N) is 1. The molecule has 1 aromatic rings. The van der Waals surface area contributed by atoms with Gasteiger partial charge in [-0.05, 0) is 44.6 Å². The smallest absolute Gasteiger partial charge is 0.240 e. The molecule has 0 radical (unpaired) electrons. The van der Waals surface area contributed by atoms with Crippen LogP contribution in [0.1, 0.15) is 25.0 Å². The van der Waals surface area contributed by atoms with Crippen molar-refractivity contribution in [3.63, 3.8) is 0 Å².